The van der Waals surface area contributed by atoms with E-state index in [1.165, 1.54) is 18.9 Å². The van der Waals surface area contributed by atoms with Crippen molar-refractivity contribution in [3.8, 4) is 5.75 Å². The van der Waals surface area contributed by atoms with Crippen LogP contribution in [0.3, 0.4) is 0 Å². The standard InChI is InChI=1S/C31H28ClNO6S/c1-38-29(36)14-15-40-31(23-6-3-7-26(17-23)39-19-28(34)35)30(37)22-5-2-4-20(16-22)8-12-25-13-10-21-9-11-24(32)18-27(21)33-25/h2-13,16-18,30-31,37H,14-15,19H2,1H3,(H,34,35)/b12-8+. The third-order valence-electron chi connectivity index (χ3n) is 6.04. The molecule has 0 saturated carbocycles. The number of thioether (sulfide) groups is 1. The molecular weight excluding hydrogens is 550 g/mol. The number of aliphatic carboxylic acids is 1. The lowest BCUT2D eigenvalue weighted by atomic mass is 9.98. The number of hydrogen-bond acceptors (Lipinski definition) is 7. The highest BCUT2D eigenvalue weighted by molar-refractivity contribution is 7.99. The molecular formula is C31H28ClNO6S. The number of methoxy groups -OCH3 is 1. The van der Waals surface area contributed by atoms with Gasteiger partial charge in [0.2, 0.25) is 0 Å². The number of fused-ring (bicyclic) bond motifs is 1. The molecule has 0 radical (unpaired) electrons. The maximum atomic E-state index is 11.7. The van der Waals surface area contributed by atoms with Gasteiger partial charge in [0.25, 0.3) is 0 Å². The summed E-state index contributed by atoms with van der Waals surface area (Å²) in [6.07, 6.45) is 3.09. The maximum absolute atomic E-state index is 11.7. The molecule has 2 unspecified atom stereocenters. The van der Waals surface area contributed by atoms with Gasteiger partial charge in [0.1, 0.15) is 5.75 Å². The number of hydrogen-bond donors (Lipinski definition) is 2. The van der Waals surface area contributed by atoms with Crippen LogP contribution in [0.5, 0.6) is 5.75 Å². The summed E-state index contributed by atoms with van der Waals surface area (Å²) in [5.41, 5.74) is 3.88. The molecule has 0 spiro atoms. The number of benzene rings is 3. The van der Waals surface area contributed by atoms with Crippen LogP contribution in [0.4, 0.5) is 0 Å². The molecule has 0 aliphatic heterocycles. The van der Waals surface area contributed by atoms with Gasteiger partial charge in [-0.2, -0.15) is 11.8 Å². The van der Waals surface area contributed by atoms with E-state index < -0.39 is 23.9 Å². The molecule has 0 fully saturated rings. The van der Waals surface area contributed by atoms with Gasteiger partial charge in [0.15, 0.2) is 6.61 Å². The molecule has 4 rings (SSSR count). The number of aromatic nitrogens is 1. The van der Waals surface area contributed by atoms with Crippen LogP contribution in [0.1, 0.15) is 40.2 Å². The first kappa shape index (κ1) is 29.1. The van der Waals surface area contributed by atoms with E-state index in [0.717, 1.165) is 27.7 Å². The van der Waals surface area contributed by atoms with Crippen LogP contribution < -0.4 is 4.74 Å². The zero-order valence-electron chi connectivity index (χ0n) is 21.7. The second-order valence-electron chi connectivity index (χ2n) is 8.89. The number of rotatable bonds is 12. The topological polar surface area (TPSA) is 106 Å². The van der Waals surface area contributed by atoms with Crippen molar-refractivity contribution in [2.45, 2.75) is 17.8 Å². The number of carbonyl (C=O) groups excluding carboxylic acids is 1. The lowest BCUT2D eigenvalue weighted by Crippen LogP contribution is -2.12. The Balaban J connectivity index is 1.57. The number of esters is 1. The Kier molecular flexibility index (Phi) is 10.2. The number of nitrogens with zero attached hydrogens (tertiary/aromatic N) is 1. The van der Waals surface area contributed by atoms with Crippen LogP contribution in [-0.4, -0.2) is 46.6 Å². The highest BCUT2D eigenvalue weighted by atomic mass is 35.5. The summed E-state index contributed by atoms with van der Waals surface area (Å²) < 4.78 is 10.1. The lowest BCUT2D eigenvalue weighted by Gasteiger charge is -2.24. The van der Waals surface area contributed by atoms with Crippen molar-refractivity contribution in [3.05, 3.63) is 106 Å². The van der Waals surface area contributed by atoms with Crippen molar-refractivity contribution in [2.24, 2.45) is 0 Å². The van der Waals surface area contributed by atoms with Gasteiger partial charge in [-0.05, 0) is 59.2 Å². The Morgan fingerprint density at radius 1 is 1.00 bits per heavy atom. The Morgan fingerprint density at radius 2 is 1.77 bits per heavy atom. The molecule has 2 N–H and O–H groups in total. The largest absolute Gasteiger partial charge is 0.482 e. The number of carboxylic acids is 1. The molecule has 1 heterocycles. The molecule has 0 bridgehead atoms. The van der Waals surface area contributed by atoms with Gasteiger partial charge in [-0.1, -0.05) is 60.1 Å². The van der Waals surface area contributed by atoms with Crippen LogP contribution in [0.25, 0.3) is 23.1 Å². The van der Waals surface area contributed by atoms with E-state index in [2.05, 4.69) is 4.98 Å². The number of ether oxygens (including phenoxy) is 2. The fourth-order valence-electron chi connectivity index (χ4n) is 4.07. The van der Waals surface area contributed by atoms with Crippen molar-refractivity contribution in [1.29, 1.82) is 0 Å². The number of halogens is 1. The Labute approximate surface area is 241 Å². The summed E-state index contributed by atoms with van der Waals surface area (Å²) >= 11 is 7.53. The van der Waals surface area contributed by atoms with Crippen molar-refractivity contribution in [2.75, 3.05) is 19.5 Å². The second-order valence-corrected chi connectivity index (χ2v) is 10.6. The molecule has 206 valence electrons. The zero-order chi connectivity index (χ0) is 28.5. The van der Waals surface area contributed by atoms with Crippen LogP contribution in [0.15, 0.2) is 78.9 Å². The van der Waals surface area contributed by atoms with Crippen LogP contribution in [-0.2, 0) is 14.3 Å². The summed E-state index contributed by atoms with van der Waals surface area (Å²) in [4.78, 5) is 27.3. The molecule has 0 saturated heterocycles. The van der Waals surface area contributed by atoms with Crippen LogP contribution in [0.2, 0.25) is 5.02 Å². The zero-order valence-corrected chi connectivity index (χ0v) is 23.3. The molecule has 0 amide bonds. The SMILES string of the molecule is COC(=O)CCSC(c1cccc(OCC(=O)O)c1)C(O)c1cccc(/C=C/c2ccc3ccc(Cl)cc3n2)c1. The monoisotopic (exact) mass is 577 g/mol. The Bertz CT molecular complexity index is 1520. The van der Waals surface area contributed by atoms with E-state index in [4.69, 9.17) is 26.2 Å². The number of aliphatic hydroxyl groups is 1. The Morgan fingerprint density at radius 3 is 2.58 bits per heavy atom. The van der Waals surface area contributed by atoms with Crippen molar-refractivity contribution in [1.82, 2.24) is 4.98 Å². The van der Waals surface area contributed by atoms with E-state index in [1.807, 2.05) is 72.8 Å². The third kappa shape index (κ3) is 8.08. The lowest BCUT2D eigenvalue weighted by molar-refractivity contribution is -0.140. The minimum absolute atomic E-state index is 0.187. The van der Waals surface area contributed by atoms with E-state index >= 15 is 0 Å². The summed E-state index contributed by atoms with van der Waals surface area (Å²) in [5.74, 6) is -0.615. The van der Waals surface area contributed by atoms with Crippen molar-refractivity contribution < 1.29 is 29.3 Å². The van der Waals surface area contributed by atoms with Gasteiger partial charge in [-0.15, -0.1) is 0 Å². The smallest absolute Gasteiger partial charge is 0.341 e. The first-order valence-corrected chi connectivity index (χ1v) is 13.9. The molecule has 0 aliphatic rings. The van der Waals surface area contributed by atoms with E-state index in [1.54, 1.807) is 18.2 Å². The number of carboxylic acid groups (broad SMARTS) is 1. The van der Waals surface area contributed by atoms with E-state index in [0.29, 0.717) is 22.1 Å². The minimum atomic E-state index is -1.08. The first-order valence-electron chi connectivity index (χ1n) is 12.5. The number of pyridine rings is 1. The van der Waals surface area contributed by atoms with Gasteiger partial charge >= 0.3 is 11.9 Å². The third-order valence-corrected chi connectivity index (χ3v) is 7.61. The summed E-state index contributed by atoms with van der Waals surface area (Å²) in [6, 6.07) is 24.0. The number of aliphatic hydroxyl groups excluding tert-OH is 1. The average molecular weight is 578 g/mol. The molecule has 4 aromatic rings. The summed E-state index contributed by atoms with van der Waals surface area (Å²) in [6.45, 7) is -0.473. The maximum Gasteiger partial charge on any atom is 0.341 e. The quantitative estimate of drug-likeness (QED) is 0.182. The molecule has 40 heavy (non-hydrogen) atoms. The van der Waals surface area contributed by atoms with Crippen LogP contribution >= 0.6 is 23.4 Å². The molecule has 3 aromatic carbocycles. The van der Waals surface area contributed by atoms with Gasteiger partial charge < -0.3 is 19.7 Å². The average Bonchev–Trinajstić information content (AvgIpc) is 2.96. The normalized spacial score (nSPS) is 12.8. The molecule has 9 heteroatoms. The van der Waals surface area contributed by atoms with E-state index in [9.17, 15) is 14.7 Å². The molecule has 2 atom stereocenters. The van der Waals surface area contributed by atoms with Gasteiger partial charge in [-0.25, -0.2) is 9.78 Å². The van der Waals surface area contributed by atoms with Gasteiger partial charge in [0.05, 0.1) is 36.1 Å². The van der Waals surface area contributed by atoms with Crippen LogP contribution in [0, 0.1) is 0 Å². The fourth-order valence-corrected chi connectivity index (χ4v) is 5.45. The fraction of sp³-hybridized carbons (Fsp3) is 0.194. The minimum Gasteiger partial charge on any atom is -0.482 e. The highest BCUT2D eigenvalue weighted by Gasteiger charge is 2.24. The summed E-state index contributed by atoms with van der Waals surface area (Å²) in [7, 11) is 1.34. The molecule has 1 aromatic heterocycles. The highest BCUT2D eigenvalue weighted by Crippen LogP contribution is 2.41. The van der Waals surface area contributed by atoms with E-state index in [-0.39, 0.29) is 12.4 Å². The van der Waals surface area contributed by atoms with Crippen molar-refractivity contribution >= 4 is 58.4 Å². The van der Waals surface area contributed by atoms with Gasteiger partial charge in [0, 0.05) is 16.2 Å². The number of carbonyl (C=O) groups is 2. The predicted octanol–water partition coefficient (Wildman–Crippen LogP) is 6.59. The summed E-state index contributed by atoms with van der Waals surface area (Å²) in [5, 5.41) is 21.6. The van der Waals surface area contributed by atoms with Gasteiger partial charge in [-0.3, -0.25) is 4.79 Å². The predicted molar refractivity (Wildman–Crippen MR) is 158 cm³/mol. The molecule has 0 aliphatic carbocycles. The van der Waals surface area contributed by atoms with Crippen molar-refractivity contribution in [3.63, 3.8) is 0 Å². The molecule has 7 nitrogen and oxygen atoms in total. The second kappa shape index (κ2) is 14.0. The Hall–Kier alpha value is -3.85. The first-order chi connectivity index (χ1) is 19.3.